The standard InChI is InChI=1S/C10H19N3O2S/c1-3-10(4-2,8(12)16)9(15)13-6-5-7(11)14/h3-6H2,1-2H3,(H2,11,14)(H2,12,16)(H,13,15). The first-order chi connectivity index (χ1) is 7.40. The van der Waals surface area contributed by atoms with Crippen molar-refractivity contribution in [2.75, 3.05) is 6.54 Å². The van der Waals surface area contributed by atoms with Gasteiger partial charge in [0.15, 0.2) is 0 Å². The molecule has 92 valence electrons. The monoisotopic (exact) mass is 245 g/mol. The fourth-order valence-electron chi connectivity index (χ4n) is 1.50. The van der Waals surface area contributed by atoms with Crippen molar-refractivity contribution in [3.8, 4) is 0 Å². The number of nitrogens with two attached hydrogens (primary N) is 2. The number of hydrogen-bond acceptors (Lipinski definition) is 3. The van der Waals surface area contributed by atoms with Crippen molar-refractivity contribution in [3.05, 3.63) is 0 Å². The Morgan fingerprint density at radius 2 is 1.75 bits per heavy atom. The highest BCUT2D eigenvalue weighted by Gasteiger charge is 2.37. The highest BCUT2D eigenvalue weighted by Crippen LogP contribution is 2.26. The summed E-state index contributed by atoms with van der Waals surface area (Å²) in [5.74, 6) is -0.680. The Balaban J connectivity index is 4.51. The number of hydrogen-bond donors (Lipinski definition) is 3. The number of amides is 2. The summed E-state index contributed by atoms with van der Waals surface area (Å²) in [5.41, 5.74) is 9.76. The van der Waals surface area contributed by atoms with E-state index in [1.165, 1.54) is 0 Å². The fraction of sp³-hybridized carbons (Fsp3) is 0.700. The average Bonchev–Trinajstić information content (AvgIpc) is 2.19. The number of rotatable bonds is 7. The van der Waals surface area contributed by atoms with Crippen LogP contribution in [0, 0.1) is 5.41 Å². The zero-order chi connectivity index (χ0) is 12.8. The Morgan fingerprint density at radius 3 is 2.06 bits per heavy atom. The van der Waals surface area contributed by atoms with Crippen molar-refractivity contribution in [1.29, 1.82) is 0 Å². The van der Waals surface area contributed by atoms with Gasteiger partial charge in [-0.2, -0.15) is 0 Å². The molecular formula is C10H19N3O2S. The molecule has 0 aliphatic heterocycles. The predicted molar refractivity (Wildman–Crippen MR) is 66.6 cm³/mol. The number of thiocarbonyl (C=S) groups is 1. The second kappa shape index (κ2) is 6.42. The molecule has 6 heteroatoms. The number of carbonyl (C=O) groups is 2. The van der Waals surface area contributed by atoms with Crippen molar-refractivity contribution in [3.63, 3.8) is 0 Å². The predicted octanol–water partition coefficient (Wildman–Crippen LogP) is 0.0705. The first-order valence-corrected chi connectivity index (χ1v) is 5.68. The number of primary amides is 1. The lowest BCUT2D eigenvalue weighted by Crippen LogP contribution is -2.48. The summed E-state index contributed by atoms with van der Waals surface area (Å²) in [7, 11) is 0. The molecule has 0 bridgehead atoms. The number of carbonyl (C=O) groups excluding carboxylic acids is 2. The van der Waals surface area contributed by atoms with Gasteiger partial charge in [0.05, 0.1) is 10.4 Å². The van der Waals surface area contributed by atoms with Gasteiger partial charge in [0.2, 0.25) is 11.8 Å². The van der Waals surface area contributed by atoms with E-state index in [1.54, 1.807) is 0 Å². The molecule has 0 spiro atoms. The molecule has 0 fully saturated rings. The molecule has 0 aliphatic carbocycles. The van der Waals surface area contributed by atoms with E-state index in [4.69, 9.17) is 23.7 Å². The lowest BCUT2D eigenvalue weighted by Gasteiger charge is -2.28. The molecule has 0 radical (unpaired) electrons. The molecular weight excluding hydrogens is 226 g/mol. The van der Waals surface area contributed by atoms with Gasteiger partial charge in [-0.05, 0) is 12.8 Å². The topological polar surface area (TPSA) is 98.2 Å². The van der Waals surface area contributed by atoms with Crippen LogP contribution in [-0.2, 0) is 9.59 Å². The molecule has 0 saturated heterocycles. The lowest BCUT2D eigenvalue weighted by molar-refractivity contribution is -0.127. The normalized spacial score (nSPS) is 10.9. The van der Waals surface area contributed by atoms with Crippen LogP contribution in [0.2, 0.25) is 0 Å². The average molecular weight is 245 g/mol. The van der Waals surface area contributed by atoms with Crippen LogP contribution in [0.1, 0.15) is 33.1 Å². The van der Waals surface area contributed by atoms with Crippen LogP contribution in [0.15, 0.2) is 0 Å². The van der Waals surface area contributed by atoms with E-state index >= 15 is 0 Å². The van der Waals surface area contributed by atoms with E-state index in [9.17, 15) is 9.59 Å². The molecule has 0 aromatic heterocycles. The highest BCUT2D eigenvalue weighted by molar-refractivity contribution is 7.80. The minimum Gasteiger partial charge on any atom is -0.392 e. The SMILES string of the molecule is CCC(CC)(C(=O)NCCC(N)=O)C(N)=S. The molecule has 0 aliphatic rings. The summed E-state index contributed by atoms with van der Waals surface area (Å²) in [6.45, 7) is 3.94. The Hall–Kier alpha value is -1.17. The van der Waals surface area contributed by atoms with Crippen LogP contribution in [0.5, 0.6) is 0 Å². The van der Waals surface area contributed by atoms with Gasteiger partial charge in [-0.15, -0.1) is 0 Å². The van der Waals surface area contributed by atoms with E-state index in [-0.39, 0.29) is 23.9 Å². The van der Waals surface area contributed by atoms with E-state index in [2.05, 4.69) is 5.32 Å². The van der Waals surface area contributed by atoms with Gasteiger partial charge >= 0.3 is 0 Å². The maximum absolute atomic E-state index is 11.9. The Kier molecular flexibility index (Phi) is 5.95. The first-order valence-electron chi connectivity index (χ1n) is 5.27. The molecule has 0 heterocycles. The van der Waals surface area contributed by atoms with Crippen LogP contribution in [0.25, 0.3) is 0 Å². The zero-order valence-electron chi connectivity index (χ0n) is 9.71. The van der Waals surface area contributed by atoms with E-state index in [0.29, 0.717) is 12.8 Å². The molecule has 0 atom stereocenters. The lowest BCUT2D eigenvalue weighted by atomic mass is 9.81. The Bertz CT molecular complexity index is 288. The summed E-state index contributed by atoms with van der Waals surface area (Å²) in [6, 6.07) is 0. The second-order valence-corrected chi connectivity index (χ2v) is 4.07. The van der Waals surface area contributed by atoms with Gasteiger partial charge in [-0.3, -0.25) is 9.59 Å². The molecule has 0 aromatic rings. The maximum Gasteiger partial charge on any atom is 0.233 e. The van der Waals surface area contributed by atoms with Crippen molar-refractivity contribution < 1.29 is 9.59 Å². The van der Waals surface area contributed by atoms with Crippen LogP contribution in [0.4, 0.5) is 0 Å². The molecule has 0 rings (SSSR count). The van der Waals surface area contributed by atoms with Crippen LogP contribution < -0.4 is 16.8 Å². The van der Waals surface area contributed by atoms with Gasteiger partial charge < -0.3 is 16.8 Å². The summed E-state index contributed by atoms with van der Waals surface area (Å²) in [4.78, 5) is 22.6. The first kappa shape index (κ1) is 14.8. The molecule has 5 nitrogen and oxygen atoms in total. The van der Waals surface area contributed by atoms with E-state index in [0.717, 1.165) is 0 Å². The van der Waals surface area contributed by atoms with Crippen molar-refractivity contribution in [1.82, 2.24) is 5.32 Å². The quantitative estimate of drug-likeness (QED) is 0.553. The van der Waals surface area contributed by atoms with E-state index < -0.39 is 11.3 Å². The van der Waals surface area contributed by atoms with Crippen LogP contribution in [-0.4, -0.2) is 23.3 Å². The molecule has 0 unspecified atom stereocenters. The summed E-state index contributed by atoms with van der Waals surface area (Å²) in [6.07, 6.45) is 1.20. The third kappa shape index (κ3) is 3.44. The Labute approximate surface area is 101 Å². The van der Waals surface area contributed by atoms with Crippen molar-refractivity contribution in [2.45, 2.75) is 33.1 Å². The molecule has 0 saturated carbocycles. The van der Waals surface area contributed by atoms with Crippen LogP contribution in [0.3, 0.4) is 0 Å². The third-order valence-electron chi connectivity index (χ3n) is 2.77. The van der Waals surface area contributed by atoms with Gasteiger partial charge in [-0.1, -0.05) is 26.1 Å². The molecule has 0 aromatic carbocycles. The Morgan fingerprint density at radius 1 is 1.25 bits per heavy atom. The minimum absolute atomic E-state index is 0.118. The smallest absolute Gasteiger partial charge is 0.233 e. The van der Waals surface area contributed by atoms with Gasteiger partial charge in [0.1, 0.15) is 0 Å². The van der Waals surface area contributed by atoms with E-state index in [1.807, 2.05) is 13.8 Å². The third-order valence-corrected chi connectivity index (χ3v) is 3.16. The van der Waals surface area contributed by atoms with Crippen molar-refractivity contribution >= 4 is 29.0 Å². The molecule has 16 heavy (non-hydrogen) atoms. The zero-order valence-corrected chi connectivity index (χ0v) is 10.5. The maximum atomic E-state index is 11.9. The summed E-state index contributed by atoms with van der Waals surface area (Å²) < 4.78 is 0. The molecule has 5 N–H and O–H groups in total. The number of nitrogens with one attached hydrogen (secondary N) is 1. The summed E-state index contributed by atoms with van der Waals surface area (Å²) >= 11 is 4.93. The largest absolute Gasteiger partial charge is 0.392 e. The molecule has 2 amide bonds. The van der Waals surface area contributed by atoms with Gasteiger partial charge in [0.25, 0.3) is 0 Å². The van der Waals surface area contributed by atoms with Gasteiger partial charge in [-0.25, -0.2) is 0 Å². The minimum atomic E-state index is -0.813. The van der Waals surface area contributed by atoms with Gasteiger partial charge in [0, 0.05) is 13.0 Å². The van der Waals surface area contributed by atoms with Crippen molar-refractivity contribution in [2.24, 2.45) is 16.9 Å². The highest BCUT2D eigenvalue weighted by atomic mass is 32.1. The summed E-state index contributed by atoms with van der Waals surface area (Å²) in [5, 5.41) is 2.63. The second-order valence-electron chi connectivity index (χ2n) is 3.63. The van der Waals surface area contributed by atoms with Crippen LogP contribution >= 0.6 is 12.2 Å². The fourth-order valence-corrected chi connectivity index (χ4v) is 1.88.